The molecule has 0 fully saturated rings. The van der Waals surface area contributed by atoms with E-state index in [1.54, 1.807) is 28.9 Å². The zero-order valence-electron chi connectivity index (χ0n) is 12.7. The van der Waals surface area contributed by atoms with E-state index in [1.165, 1.54) is 12.1 Å². The minimum atomic E-state index is -0.421. The van der Waals surface area contributed by atoms with E-state index >= 15 is 0 Å². The standard InChI is InChI=1S/C17H15FN4O2/c18-13-6-4-12(5-7-13)10-19-16(23)11-20-17(24)15-9-14-3-1-2-8-22(14)21-15/h1-9H,10-11H2,(H,19,23)(H,20,24). The zero-order chi connectivity index (χ0) is 16.9. The van der Waals surface area contributed by atoms with Crippen LogP contribution in [0.1, 0.15) is 16.1 Å². The average molecular weight is 326 g/mol. The summed E-state index contributed by atoms with van der Waals surface area (Å²) in [6.45, 7) is 0.108. The van der Waals surface area contributed by atoms with Crippen molar-refractivity contribution in [1.29, 1.82) is 0 Å². The summed E-state index contributed by atoms with van der Waals surface area (Å²) in [6.07, 6.45) is 1.74. The molecule has 0 aliphatic rings. The predicted octanol–water partition coefficient (Wildman–Crippen LogP) is 1.52. The van der Waals surface area contributed by atoms with Crippen LogP contribution in [0.5, 0.6) is 0 Å². The summed E-state index contributed by atoms with van der Waals surface area (Å²) in [7, 11) is 0. The van der Waals surface area contributed by atoms with Gasteiger partial charge in [0.15, 0.2) is 5.69 Å². The lowest BCUT2D eigenvalue weighted by Gasteiger charge is -2.06. The van der Waals surface area contributed by atoms with Gasteiger partial charge in [0, 0.05) is 12.7 Å². The van der Waals surface area contributed by atoms with Crippen LogP contribution >= 0.6 is 0 Å². The first-order valence-electron chi connectivity index (χ1n) is 7.35. The lowest BCUT2D eigenvalue weighted by atomic mass is 10.2. The minimum absolute atomic E-state index is 0.159. The van der Waals surface area contributed by atoms with E-state index in [0.717, 1.165) is 11.1 Å². The van der Waals surface area contributed by atoms with Crippen LogP contribution in [0.4, 0.5) is 4.39 Å². The van der Waals surface area contributed by atoms with Crippen LogP contribution in [0.25, 0.3) is 5.52 Å². The molecule has 2 N–H and O–H groups in total. The average Bonchev–Trinajstić information content (AvgIpc) is 3.03. The molecule has 2 aromatic heterocycles. The molecule has 3 aromatic rings. The summed E-state index contributed by atoms with van der Waals surface area (Å²) < 4.78 is 14.4. The van der Waals surface area contributed by atoms with Crippen LogP contribution in [0.3, 0.4) is 0 Å². The first-order valence-corrected chi connectivity index (χ1v) is 7.35. The quantitative estimate of drug-likeness (QED) is 0.746. The van der Waals surface area contributed by atoms with Crippen LogP contribution in [0, 0.1) is 5.82 Å². The van der Waals surface area contributed by atoms with Crippen molar-refractivity contribution >= 4 is 17.3 Å². The molecule has 1 aromatic carbocycles. The molecule has 3 rings (SSSR count). The molecule has 0 bridgehead atoms. The number of fused-ring (bicyclic) bond motifs is 1. The fourth-order valence-electron chi connectivity index (χ4n) is 2.17. The molecule has 0 radical (unpaired) electrons. The molecule has 6 nitrogen and oxygen atoms in total. The number of carbonyl (C=O) groups is 2. The number of hydrogen-bond acceptors (Lipinski definition) is 3. The summed E-state index contributed by atoms with van der Waals surface area (Å²) in [4.78, 5) is 23.8. The Morgan fingerprint density at radius 1 is 1.08 bits per heavy atom. The molecule has 2 heterocycles. The highest BCUT2D eigenvalue weighted by Gasteiger charge is 2.11. The Hall–Kier alpha value is -3.22. The lowest BCUT2D eigenvalue weighted by Crippen LogP contribution is -2.36. The van der Waals surface area contributed by atoms with Gasteiger partial charge in [0.05, 0.1) is 12.1 Å². The Balaban J connectivity index is 1.50. The van der Waals surface area contributed by atoms with Crippen molar-refractivity contribution < 1.29 is 14.0 Å². The molecule has 24 heavy (non-hydrogen) atoms. The van der Waals surface area contributed by atoms with Crippen molar-refractivity contribution in [2.75, 3.05) is 6.54 Å². The maximum absolute atomic E-state index is 12.8. The SMILES string of the molecule is O=C(CNC(=O)c1cc2ccccn2n1)NCc1ccc(F)cc1. The summed E-state index contributed by atoms with van der Waals surface area (Å²) in [5.74, 6) is -1.09. The van der Waals surface area contributed by atoms with Crippen LogP contribution in [0.2, 0.25) is 0 Å². The van der Waals surface area contributed by atoms with Gasteiger partial charge in [0.1, 0.15) is 5.82 Å². The smallest absolute Gasteiger partial charge is 0.272 e. The first-order chi connectivity index (χ1) is 11.6. The van der Waals surface area contributed by atoms with Gasteiger partial charge in [-0.25, -0.2) is 8.91 Å². The fourth-order valence-corrected chi connectivity index (χ4v) is 2.17. The Bertz CT molecular complexity index is 841. The Morgan fingerprint density at radius 2 is 1.88 bits per heavy atom. The van der Waals surface area contributed by atoms with E-state index in [9.17, 15) is 14.0 Å². The van der Waals surface area contributed by atoms with Crippen molar-refractivity contribution in [2.45, 2.75) is 6.54 Å². The van der Waals surface area contributed by atoms with Crippen LogP contribution in [0.15, 0.2) is 54.7 Å². The number of carbonyl (C=O) groups excluding carboxylic acids is 2. The second kappa shape index (κ2) is 6.91. The number of halogens is 1. The van der Waals surface area contributed by atoms with E-state index in [1.807, 2.05) is 18.2 Å². The lowest BCUT2D eigenvalue weighted by molar-refractivity contribution is -0.120. The highest BCUT2D eigenvalue weighted by Crippen LogP contribution is 2.05. The molecular weight excluding hydrogens is 311 g/mol. The number of nitrogens with one attached hydrogen (secondary N) is 2. The zero-order valence-corrected chi connectivity index (χ0v) is 12.7. The third-order valence-electron chi connectivity index (χ3n) is 3.42. The van der Waals surface area contributed by atoms with Gasteiger partial charge in [-0.05, 0) is 35.9 Å². The maximum Gasteiger partial charge on any atom is 0.272 e. The van der Waals surface area contributed by atoms with E-state index < -0.39 is 5.91 Å². The van der Waals surface area contributed by atoms with Gasteiger partial charge in [0.25, 0.3) is 5.91 Å². The highest BCUT2D eigenvalue weighted by molar-refractivity contribution is 5.95. The summed E-state index contributed by atoms with van der Waals surface area (Å²) in [6, 6.07) is 13.0. The molecule has 0 spiro atoms. The van der Waals surface area contributed by atoms with Gasteiger partial charge in [0.2, 0.25) is 5.91 Å². The molecule has 0 saturated carbocycles. The number of amides is 2. The van der Waals surface area contributed by atoms with Crippen LogP contribution in [-0.2, 0) is 11.3 Å². The monoisotopic (exact) mass is 326 g/mol. The topological polar surface area (TPSA) is 75.5 Å². The van der Waals surface area contributed by atoms with Crippen molar-refractivity contribution in [2.24, 2.45) is 0 Å². The van der Waals surface area contributed by atoms with Gasteiger partial charge in [-0.15, -0.1) is 0 Å². The van der Waals surface area contributed by atoms with Gasteiger partial charge >= 0.3 is 0 Å². The highest BCUT2D eigenvalue weighted by atomic mass is 19.1. The molecular formula is C17H15FN4O2. The van der Waals surface area contributed by atoms with Gasteiger partial charge < -0.3 is 10.6 Å². The third-order valence-corrected chi connectivity index (χ3v) is 3.42. The molecule has 0 saturated heterocycles. The van der Waals surface area contributed by atoms with Gasteiger partial charge in [-0.3, -0.25) is 9.59 Å². The predicted molar refractivity (Wildman–Crippen MR) is 85.8 cm³/mol. The number of hydrogen-bond donors (Lipinski definition) is 2. The fraction of sp³-hybridized carbons (Fsp3) is 0.118. The van der Waals surface area contributed by atoms with Gasteiger partial charge in [-0.2, -0.15) is 5.10 Å². The molecule has 2 amide bonds. The van der Waals surface area contributed by atoms with Crippen molar-refractivity contribution in [1.82, 2.24) is 20.2 Å². The molecule has 7 heteroatoms. The second-order valence-corrected chi connectivity index (χ2v) is 5.19. The molecule has 0 aliphatic heterocycles. The normalized spacial score (nSPS) is 10.5. The number of pyridine rings is 1. The summed E-state index contributed by atoms with van der Waals surface area (Å²) in [5.41, 5.74) is 1.81. The second-order valence-electron chi connectivity index (χ2n) is 5.19. The Morgan fingerprint density at radius 3 is 2.62 bits per heavy atom. The summed E-state index contributed by atoms with van der Waals surface area (Å²) >= 11 is 0. The van der Waals surface area contributed by atoms with E-state index in [2.05, 4.69) is 15.7 Å². The number of benzene rings is 1. The number of nitrogens with zero attached hydrogens (tertiary/aromatic N) is 2. The minimum Gasteiger partial charge on any atom is -0.350 e. The van der Waals surface area contributed by atoms with Crippen molar-refractivity contribution in [3.05, 3.63) is 71.8 Å². The van der Waals surface area contributed by atoms with Crippen molar-refractivity contribution in [3.8, 4) is 0 Å². The van der Waals surface area contributed by atoms with Crippen molar-refractivity contribution in [3.63, 3.8) is 0 Å². The number of aromatic nitrogens is 2. The Kier molecular flexibility index (Phi) is 4.51. The van der Waals surface area contributed by atoms with E-state index in [-0.39, 0.29) is 30.5 Å². The molecule has 122 valence electrons. The number of rotatable bonds is 5. The third kappa shape index (κ3) is 3.75. The maximum atomic E-state index is 12.8. The van der Waals surface area contributed by atoms with E-state index in [4.69, 9.17) is 0 Å². The molecule has 0 unspecified atom stereocenters. The molecule has 0 atom stereocenters. The van der Waals surface area contributed by atoms with Crippen LogP contribution < -0.4 is 10.6 Å². The van der Waals surface area contributed by atoms with Gasteiger partial charge in [-0.1, -0.05) is 18.2 Å². The van der Waals surface area contributed by atoms with E-state index in [0.29, 0.717) is 0 Å². The first kappa shape index (κ1) is 15.7. The van der Waals surface area contributed by atoms with Crippen LogP contribution in [-0.4, -0.2) is 28.0 Å². The molecule has 0 aliphatic carbocycles. The summed E-state index contributed by atoms with van der Waals surface area (Å²) in [5, 5.41) is 9.30. The largest absolute Gasteiger partial charge is 0.350 e. The Labute approximate surface area is 137 Å².